The molecule has 1 heterocycles. The van der Waals surface area contributed by atoms with Gasteiger partial charge in [-0.1, -0.05) is 11.6 Å². The van der Waals surface area contributed by atoms with Gasteiger partial charge in [-0.25, -0.2) is 13.1 Å². The van der Waals surface area contributed by atoms with Crippen LogP contribution >= 0.6 is 11.6 Å². The van der Waals surface area contributed by atoms with Gasteiger partial charge < -0.3 is 9.84 Å². The van der Waals surface area contributed by atoms with Crippen molar-refractivity contribution in [3.8, 4) is 0 Å². The molecule has 2 rings (SSSR count). The molecule has 1 fully saturated rings. The molecule has 0 aliphatic carbocycles. The molecule has 1 aromatic rings. The van der Waals surface area contributed by atoms with Crippen LogP contribution in [-0.4, -0.2) is 43.8 Å². The zero-order valence-electron chi connectivity index (χ0n) is 10.8. The third kappa shape index (κ3) is 3.69. The summed E-state index contributed by atoms with van der Waals surface area (Å²) in [6.45, 7) is 0.113. The predicted octanol–water partition coefficient (Wildman–Crippen LogP) is 0.678. The van der Waals surface area contributed by atoms with Crippen LogP contribution in [0.2, 0.25) is 5.02 Å². The minimum Gasteiger partial charge on any atom is -0.386 e. The fourth-order valence-corrected chi connectivity index (χ4v) is 3.49. The lowest BCUT2D eigenvalue weighted by atomic mass is 10.1. The number of hydrogen-bond acceptors (Lipinski definition) is 6. The molecule has 0 radical (unpaired) electrons. The highest BCUT2D eigenvalue weighted by atomic mass is 35.5. The van der Waals surface area contributed by atoms with Crippen LogP contribution in [0.25, 0.3) is 0 Å². The van der Waals surface area contributed by atoms with Crippen LogP contribution in [0.3, 0.4) is 0 Å². The third-order valence-electron chi connectivity index (χ3n) is 3.09. The molecule has 116 valence electrons. The molecule has 0 saturated carbocycles. The topological polar surface area (TPSA) is 119 Å². The van der Waals surface area contributed by atoms with E-state index in [-0.39, 0.29) is 23.9 Å². The summed E-state index contributed by atoms with van der Waals surface area (Å²) in [6, 6.07) is 3.13. The summed E-state index contributed by atoms with van der Waals surface area (Å²) in [5.74, 6) is 0. The number of sulfonamides is 1. The molecule has 1 unspecified atom stereocenters. The first-order chi connectivity index (χ1) is 9.73. The van der Waals surface area contributed by atoms with Crippen molar-refractivity contribution in [2.24, 2.45) is 0 Å². The van der Waals surface area contributed by atoms with Gasteiger partial charge in [0.25, 0.3) is 5.69 Å². The van der Waals surface area contributed by atoms with E-state index in [1.54, 1.807) is 0 Å². The minimum atomic E-state index is -4.07. The number of non-ortho nitro benzene ring substituents is 1. The number of halogens is 1. The Morgan fingerprint density at radius 3 is 2.81 bits per heavy atom. The molecule has 8 nitrogen and oxygen atoms in total. The summed E-state index contributed by atoms with van der Waals surface area (Å²) in [5.41, 5.74) is -1.66. The van der Waals surface area contributed by atoms with Gasteiger partial charge in [-0.05, 0) is 6.07 Å². The van der Waals surface area contributed by atoms with Gasteiger partial charge in [0.1, 0.15) is 10.5 Å². The number of nitrogens with zero attached hydrogens (tertiary/aromatic N) is 1. The molecule has 1 aliphatic heterocycles. The van der Waals surface area contributed by atoms with E-state index < -0.39 is 25.4 Å². The zero-order chi connectivity index (χ0) is 15.7. The third-order valence-corrected chi connectivity index (χ3v) is 4.97. The van der Waals surface area contributed by atoms with Gasteiger partial charge in [-0.3, -0.25) is 10.1 Å². The molecule has 10 heteroatoms. The SMILES string of the molecule is O=[N+]([O-])c1ccc(Cl)c(S(=O)(=O)NCC2(O)CCOC2)c1. The quantitative estimate of drug-likeness (QED) is 0.602. The van der Waals surface area contributed by atoms with Crippen molar-refractivity contribution in [3.05, 3.63) is 33.3 Å². The maximum atomic E-state index is 12.2. The summed E-state index contributed by atoms with van der Waals surface area (Å²) >= 11 is 5.79. The molecule has 1 aromatic carbocycles. The van der Waals surface area contributed by atoms with E-state index in [1.165, 1.54) is 0 Å². The van der Waals surface area contributed by atoms with Crippen molar-refractivity contribution in [2.45, 2.75) is 16.9 Å². The minimum absolute atomic E-state index is 0.0260. The van der Waals surface area contributed by atoms with Crippen molar-refractivity contribution in [3.63, 3.8) is 0 Å². The highest BCUT2D eigenvalue weighted by Gasteiger charge is 2.34. The van der Waals surface area contributed by atoms with E-state index in [0.29, 0.717) is 13.0 Å². The smallest absolute Gasteiger partial charge is 0.270 e. The molecule has 2 N–H and O–H groups in total. The number of nitro groups is 1. The molecule has 1 saturated heterocycles. The second-order valence-corrected chi connectivity index (χ2v) is 6.87. The van der Waals surface area contributed by atoms with Crippen LogP contribution < -0.4 is 4.72 Å². The summed E-state index contributed by atoms with van der Waals surface area (Å²) in [4.78, 5) is 9.58. The van der Waals surface area contributed by atoms with Crippen LogP contribution in [0.1, 0.15) is 6.42 Å². The van der Waals surface area contributed by atoms with Crippen molar-refractivity contribution >= 4 is 27.3 Å². The molecule has 21 heavy (non-hydrogen) atoms. The van der Waals surface area contributed by atoms with Gasteiger partial charge in [0, 0.05) is 31.7 Å². The molecular formula is C11H13ClN2O6S. The molecule has 0 spiro atoms. The highest BCUT2D eigenvalue weighted by Crippen LogP contribution is 2.26. The van der Waals surface area contributed by atoms with Crippen LogP contribution in [0.15, 0.2) is 23.1 Å². The lowest BCUT2D eigenvalue weighted by molar-refractivity contribution is -0.385. The molecule has 1 atom stereocenters. The Morgan fingerprint density at radius 1 is 1.52 bits per heavy atom. The summed E-state index contributed by atoms with van der Waals surface area (Å²) in [5, 5.41) is 20.6. The fraction of sp³-hybridized carbons (Fsp3) is 0.455. The molecule has 0 bridgehead atoms. The van der Waals surface area contributed by atoms with Crippen molar-refractivity contribution in [1.82, 2.24) is 4.72 Å². The standard InChI is InChI=1S/C11H13ClN2O6S/c12-9-2-1-8(14(16)17)5-10(9)21(18,19)13-6-11(15)3-4-20-7-11/h1-2,5,13,15H,3-4,6-7H2. The van der Waals surface area contributed by atoms with Gasteiger partial charge >= 0.3 is 0 Å². The highest BCUT2D eigenvalue weighted by molar-refractivity contribution is 7.89. The summed E-state index contributed by atoms with van der Waals surface area (Å²) < 4.78 is 31.5. The fourth-order valence-electron chi connectivity index (χ4n) is 1.85. The predicted molar refractivity (Wildman–Crippen MR) is 73.7 cm³/mol. The number of aliphatic hydroxyl groups is 1. The van der Waals surface area contributed by atoms with Crippen LogP contribution in [-0.2, 0) is 14.8 Å². The molecule has 1 aliphatic rings. The number of hydrogen-bond donors (Lipinski definition) is 2. The Labute approximate surface area is 125 Å². The monoisotopic (exact) mass is 336 g/mol. The average Bonchev–Trinajstić information content (AvgIpc) is 2.84. The number of nitrogens with one attached hydrogen (secondary N) is 1. The Morgan fingerprint density at radius 2 is 2.24 bits per heavy atom. The van der Waals surface area contributed by atoms with Gasteiger partial charge in [0.15, 0.2) is 0 Å². The van der Waals surface area contributed by atoms with Crippen LogP contribution in [0, 0.1) is 10.1 Å². The number of rotatable bonds is 5. The van der Waals surface area contributed by atoms with E-state index in [2.05, 4.69) is 4.72 Å². The Balaban J connectivity index is 2.23. The van der Waals surface area contributed by atoms with E-state index >= 15 is 0 Å². The Kier molecular flexibility index (Phi) is 4.49. The van der Waals surface area contributed by atoms with Crippen LogP contribution in [0.5, 0.6) is 0 Å². The van der Waals surface area contributed by atoms with Crippen molar-refractivity contribution in [2.75, 3.05) is 19.8 Å². The van der Waals surface area contributed by atoms with Crippen molar-refractivity contribution < 1.29 is 23.2 Å². The van der Waals surface area contributed by atoms with Gasteiger partial charge in [0.2, 0.25) is 10.0 Å². The van der Waals surface area contributed by atoms with E-state index in [4.69, 9.17) is 16.3 Å². The number of benzene rings is 1. The van der Waals surface area contributed by atoms with E-state index in [1.807, 2.05) is 0 Å². The molecular weight excluding hydrogens is 324 g/mol. The lowest BCUT2D eigenvalue weighted by Gasteiger charge is -2.20. The second kappa shape index (κ2) is 5.85. The normalized spacial score (nSPS) is 22.4. The maximum Gasteiger partial charge on any atom is 0.270 e. The Hall–Kier alpha value is -1.26. The lowest BCUT2D eigenvalue weighted by Crippen LogP contribution is -2.43. The number of ether oxygens (including phenoxy) is 1. The maximum absolute atomic E-state index is 12.2. The zero-order valence-corrected chi connectivity index (χ0v) is 12.4. The largest absolute Gasteiger partial charge is 0.386 e. The van der Waals surface area contributed by atoms with Gasteiger partial charge in [-0.2, -0.15) is 0 Å². The van der Waals surface area contributed by atoms with Gasteiger partial charge in [0.05, 0.1) is 16.6 Å². The number of nitro benzene ring substituents is 1. The Bertz CT molecular complexity index is 657. The first-order valence-corrected chi connectivity index (χ1v) is 7.83. The first kappa shape index (κ1) is 16.1. The van der Waals surface area contributed by atoms with Crippen LogP contribution in [0.4, 0.5) is 5.69 Å². The second-order valence-electron chi connectivity index (χ2n) is 4.72. The van der Waals surface area contributed by atoms with Crippen molar-refractivity contribution in [1.29, 1.82) is 0 Å². The summed E-state index contributed by atoms with van der Waals surface area (Å²) in [6.07, 6.45) is 0.304. The first-order valence-electron chi connectivity index (χ1n) is 5.97. The molecule has 0 aromatic heterocycles. The molecule has 0 amide bonds. The average molecular weight is 337 g/mol. The van der Waals surface area contributed by atoms with E-state index in [9.17, 15) is 23.6 Å². The van der Waals surface area contributed by atoms with E-state index in [0.717, 1.165) is 18.2 Å². The summed E-state index contributed by atoms with van der Waals surface area (Å²) in [7, 11) is -4.07. The van der Waals surface area contributed by atoms with Gasteiger partial charge in [-0.15, -0.1) is 0 Å².